The molecule has 0 spiro atoms. The van der Waals surface area contributed by atoms with Crippen LogP contribution < -0.4 is 5.32 Å². The first kappa shape index (κ1) is 14.2. The van der Waals surface area contributed by atoms with E-state index in [-0.39, 0.29) is 5.54 Å². The van der Waals surface area contributed by atoms with Crippen LogP contribution in [0.15, 0.2) is 4.99 Å². The van der Waals surface area contributed by atoms with E-state index in [1.165, 1.54) is 43.0 Å². The summed E-state index contributed by atoms with van der Waals surface area (Å²) >= 11 is 1.92. The molecule has 0 radical (unpaired) electrons. The van der Waals surface area contributed by atoms with Crippen LogP contribution in [0.4, 0.5) is 0 Å². The average molecular weight is 268 g/mol. The highest BCUT2D eigenvalue weighted by molar-refractivity contribution is 8.13. The topological polar surface area (TPSA) is 24.4 Å². The summed E-state index contributed by atoms with van der Waals surface area (Å²) < 4.78 is 0. The molecule has 2 aliphatic rings. The van der Waals surface area contributed by atoms with Gasteiger partial charge in [0.05, 0.1) is 6.04 Å². The number of hydrogen-bond donors (Lipinski definition) is 1. The van der Waals surface area contributed by atoms with Crippen LogP contribution in [0.3, 0.4) is 0 Å². The third-order valence-electron chi connectivity index (χ3n) is 4.75. The van der Waals surface area contributed by atoms with Crippen molar-refractivity contribution in [3.63, 3.8) is 0 Å². The van der Waals surface area contributed by atoms with E-state index in [1.807, 2.05) is 11.8 Å². The zero-order chi connectivity index (χ0) is 13.2. The molecular formula is C15H28N2S. The van der Waals surface area contributed by atoms with E-state index in [2.05, 4.69) is 33.0 Å². The molecule has 2 fully saturated rings. The second-order valence-corrected chi connectivity index (χ2v) is 7.62. The summed E-state index contributed by atoms with van der Waals surface area (Å²) in [5, 5.41) is 4.88. The number of nitrogens with zero attached hydrogens (tertiary/aromatic N) is 1. The Balaban J connectivity index is 2.00. The van der Waals surface area contributed by atoms with E-state index in [4.69, 9.17) is 4.99 Å². The molecule has 1 saturated carbocycles. The van der Waals surface area contributed by atoms with Crippen LogP contribution in [0.5, 0.6) is 0 Å². The third kappa shape index (κ3) is 3.43. The van der Waals surface area contributed by atoms with Gasteiger partial charge in [-0.25, -0.2) is 0 Å². The molecule has 0 aromatic rings. The van der Waals surface area contributed by atoms with Crippen LogP contribution in [0.1, 0.15) is 59.8 Å². The van der Waals surface area contributed by atoms with Crippen molar-refractivity contribution in [2.75, 3.05) is 5.75 Å². The van der Waals surface area contributed by atoms with Crippen LogP contribution in [-0.4, -0.2) is 22.5 Å². The average Bonchev–Trinajstić information content (AvgIpc) is 2.33. The van der Waals surface area contributed by atoms with Gasteiger partial charge in [0.2, 0.25) is 0 Å². The zero-order valence-electron chi connectivity index (χ0n) is 12.3. The Morgan fingerprint density at radius 2 is 2.17 bits per heavy atom. The molecule has 2 nitrogen and oxygen atoms in total. The van der Waals surface area contributed by atoms with Gasteiger partial charge in [-0.1, -0.05) is 32.5 Å². The summed E-state index contributed by atoms with van der Waals surface area (Å²) in [6.45, 7) is 9.35. The van der Waals surface area contributed by atoms with Crippen LogP contribution in [0, 0.1) is 11.8 Å². The van der Waals surface area contributed by atoms with Crippen molar-refractivity contribution in [1.82, 2.24) is 5.32 Å². The lowest BCUT2D eigenvalue weighted by Crippen LogP contribution is -2.48. The van der Waals surface area contributed by atoms with Crippen molar-refractivity contribution in [2.45, 2.75) is 71.4 Å². The molecular weight excluding hydrogens is 240 g/mol. The highest BCUT2D eigenvalue weighted by Crippen LogP contribution is 2.32. The summed E-state index contributed by atoms with van der Waals surface area (Å²) in [6.07, 6.45) is 6.41. The lowest BCUT2D eigenvalue weighted by atomic mass is 9.80. The lowest BCUT2D eigenvalue weighted by Gasteiger charge is -2.37. The fraction of sp³-hybridized carbons (Fsp3) is 0.933. The molecule has 104 valence electrons. The molecule has 1 heterocycles. The quantitative estimate of drug-likeness (QED) is 0.816. The van der Waals surface area contributed by atoms with Gasteiger partial charge in [-0.05, 0) is 50.9 Å². The molecule has 4 atom stereocenters. The second-order valence-electron chi connectivity index (χ2n) is 6.53. The van der Waals surface area contributed by atoms with Crippen LogP contribution in [0.2, 0.25) is 0 Å². The van der Waals surface area contributed by atoms with Gasteiger partial charge in [0.25, 0.3) is 0 Å². The van der Waals surface area contributed by atoms with Gasteiger partial charge in [0, 0.05) is 11.3 Å². The van der Waals surface area contributed by atoms with E-state index in [1.54, 1.807) is 0 Å². The van der Waals surface area contributed by atoms with Crippen LogP contribution >= 0.6 is 11.8 Å². The van der Waals surface area contributed by atoms with Gasteiger partial charge in [-0.2, -0.15) is 0 Å². The molecule has 1 aliphatic carbocycles. The van der Waals surface area contributed by atoms with Gasteiger partial charge in [-0.3, -0.25) is 4.99 Å². The second kappa shape index (κ2) is 5.85. The fourth-order valence-corrected chi connectivity index (χ4v) is 4.33. The minimum atomic E-state index is 0.273. The number of thioether (sulfide) groups is 1. The molecule has 1 saturated heterocycles. The summed E-state index contributed by atoms with van der Waals surface area (Å²) in [7, 11) is 0. The van der Waals surface area contributed by atoms with E-state index >= 15 is 0 Å². The minimum Gasteiger partial charge on any atom is -0.360 e. The number of nitrogens with one attached hydrogen (secondary N) is 1. The van der Waals surface area contributed by atoms with E-state index in [0.29, 0.717) is 6.04 Å². The highest BCUT2D eigenvalue weighted by Gasteiger charge is 2.30. The molecule has 0 aromatic carbocycles. The maximum Gasteiger partial charge on any atom is 0.157 e. The molecule has 4 unspecified atom stereocenters. The molecule has 1 N–H and O–H groups in total. The standard InChI is InChI=1S/C15H28N2S/c1-5-15(4)8-9-18-14(17-15)16-13-7-6-11(2)10-12(13)3/h11-13H,5-10H2,1-4H3,(H,16,17). The number of amidine groups is 1. The van der Waals surface area contributed by atoms with E-state index in [9.17, 15) is 0 Å². The van der Waals surface area contributed by atoms with Crippen molar-refractivity contribution in [1.29, 1.82) is 0 Å². The zero-order valence-corrected chi connectivity index (χ0v) is 13.1. The maximum atomic E-state index is 5.02. The van der Waals surface area contributed by atoms with Gasteiger partial charge in [0.1, 0.15) is 0 Å². The van der Waals surface area contributed by atoms with Gasteiger partial charge >= 0.3 is 0 Å². The Bertz CT molecular complexity index is 316. The highest BCUT2D eigenvalue weighted by atomic mass is 32.2. The maximum absolute atomic E-state index is 5.02. The first-order chi connectivity index (χ1) is 8.52. The Morgan fingerprint density at radius 3 is 2.83 bits per heavy atom. The van der Waals surface area contributed by atoms with E-state index < -0.39 is 0 Å². The molecule has 2 rings (SSSR count). The molecule has 0 bridgehead atoms. The largest absolute Gasteiger partial charge is 0.360 e. The Morgan fingerprint density at radius 1 is 1.39 bits per heavy atom. The first-order valence-corrected chi connectivity index (χ1v) is 8.50. The fourth-order valence-electron chi connectivity index (χ4n) is 3.06. The van der Waals surface area contributed by atoms with Crippen molar-refractivity contribution >= 4 is 16.9 Å². The minimum absolute atomic E-state index is 0.273. The Labute approximate surface area is 116 Å². The third-order valence-corrected chi connectivity index (χ3v) is 5.64. The molecule has 1 aliphatic heterocycles. The number of hydrogen-bond acceptors (Lipinski definition) is 2. The predicted molar refractivity (Wildman–Crippen MR) is 82.3 cm³/mol. The summed E-state index contributed by atoms with van der Waals surface area (Å²) in [5.74, 6) is 2.86. The van der Waals surface area contributed by atoms with Crippen molar-refractivity contribution < 1.29 is 0 Å². The smallest absolute Gasteiger partial charge is 0.157 e. The molecule has 0 amide bonds. The van der Waals surface area contributed by atoms with E-state index in [0.717, 1.165) is 11.8 Å². The number of aliphatic imine (C=N–C) groups is 1. The molecule has 18 heavy (non-hydrogen) atoms. The molecule has 3 heteroatoms. The number of rotatable bonds is 2. The summed E-state index contributed by atoms with van der Waals surface area (Å²) in [6, 6.07) is 0.551. The lowest BCUT2D eigenvalue weighted by molar-refractivity contribution is 0.264. The van der Waals surface area contributed by atoms with Crippen LogP contribution in [0.25, 0.3) is 0 Å². The Kier molecular flexibility index (Phi) is 4.63. The first-order valence-electron chi connectivity index (χ1n) is 7.51. The summed E-state index contributed by atoms with van der Waals surface area (Å²) in [4.78, 5) is 5.02. The molecule has 0 aromatic heterocycles. The summed E-state index contributed by atoms with van der Waals surface area (Å²) in [5.41, 5.74) is 0.273. The van der Waals surface area contributed by atoms with Crippen molar-refractivity contribution in [3.05, 3.63) is 0 Å². The Hall–Kier alpha value is -0.180. The van der Waals surface area contributed by atoms with Gasteiger partial charge in [0.15, 0.2) is 5.17 Å². The predicted octanol–water partition coefficient (Wildman–Crippen LogP) is 4.06. The van der Waals surface area contributed by atoms with Crippen molar-refractivity contribution in [2.24, 2.45) is 16.8 Å². The SMILES string of the molecule is CCC1(C)CCSC(=NC2CCC(C)CC2C)N1. The van der Waals surface area contributed by atoms with Crippen LogP contribution in [-0.2, 0) is 0 Å². The van der Waals surface area contributed by atoms with Gasteiger partial charge in [-0.15, -0.1) is 0 Å². The monoisotopic (exact) mass is 268 g/mol. The van der Waals surface area contributed by atoms with Gasteiger partial charge < -0.3 is 5.32 Å². The van der Waals surface area contributed by atoms with Crippen molar-refractivity contribution in [3.8, 4) is 0 Å². The normalized spacial score (nSPS) is 43.8.